The van der Waals surface area contributed by atoms with Gasteiger partial charge in [-0.05, 0) is 6.42 Å². The number of benzene rings is 1. The Morgan fingerprint density at radius 3 is 2.82 bits per heavy atom. The minimum atomic E-state index is 0.0192. The summed E-state index contributed by atoms with van der Waals surface area (Å²) in [5.74, 6) is 0.0192. The van der Waals surface area contributed by atoms with E-state index in [1.54, 1.807) is 6.20 Å². The van der Waals surface area contributed by atoms with Crippen molar-refractivity contribution < 1.29 is 4.79 Å². The van der Waals surface area contributed by atoms with Crippen molar-refractivity contribution in [3.05, 3.63) is 53.9 Å². The molecule has 0 spiro atoms. The van der Waals surface area contributed by atoms with Crippen LogP contribution in [0.25, 0.3) is 0 Å². The van der Waals surface area contributed by atoms with E-state index in [9.17, 15) is 4.79 Å². The molecule has 1 N–H and O–H groups in total. The molecule has 0 saturated heterocycles. The molecular formula is C13H13N2OS. The first-order valence-electron chi connectivity index (χ1n) is 5.40. The van der Waals surface area contributed by atoms with Crippen LogP contribution < -0.4 is 5.32 Å². The molecule has 1 radical (unpaired) electrons. The summed E-state index contributed by atoms with van der Waals surface area (Å²) in [5, 5.41) is 3.88. The number of thiazole rings is 1. The van der Waals surface area contributed by atoms with Crippen LogP contribution in [0.1, 0.15) is 21.7 Å². The van der Waals surface area contributed by atoms with E-state index in [2.05, 4.69) is 17.2 Å². The molecule has 0 aliphatic heterocycles. The molecule has 1 aromatic carbocycles. The number of hydrogen-bond acceptors (Lipinski definition) is 4. The van der Waals surface area contributed by atoms with E-state index in [1.807, 2.05) is 30.3 Å². The molecule has 2 rings (SSSR count). The van der Waals surface area contributed by atoms with Gasteiger partial charge in [0.1, 0.15) is 0 Å². The molecule has 0 aliphatic carbocycles. The predicted octanol–water partition coefficient (Wildman–Crippen LogP) is 3.01. The summed E-state index contributed by atoms with van der Waals surface area (Å²) in [6.45, 7) is 4.51. The Labute approximate surface area is 105 Å². The van der Waals surface area contributed by atoms with Crippen molar-refractivity contribution in [2.75, 3.05) is 11.9 Å². The van der Waals surface area contributed by atoms with Gasteiger partial charge in [0.05, 0.1) is 11.1 Å². The number of nitrogens with one attached hydrogen (secondary N) is 1. The zero-order chi connectivity index (χ0) is 12.1. The highest BCUT2D eigenvalue weighted by Crippen LogP contribution is 2.21. The highest BCUT2D eigenvalue weighted by atomic mass is 32.1. The monoisotopic (exact) mass is 245 g/mol. The van der Waals surface area contributed by atoms with Gasteiger partial charge in [-0.25, -0.2) is 4.98 Å². The quantitative estimate of drug-likeness (QED) is 0.823. The molecule has 87 valence electrons. The number of carbonyl (C=O) groups excluding carboxylic acids is 1. The van der Waals surface area contributed by atoms with Gasteiger partial charge in [0, 0.05) is 12.1 Å². The van der Waals surface area contributed by atoms with Crippen LogP contribution in [0, 0.1) is 6.92 Å². The van der Waals surface area contributed by atoms with Crippen LogP contribution in [0.2, 0.25) is 0 Å². The lowest BCUT2D eigenvalue weighted by Crippen LogP contribution is -1.98. The second-order valence-corrected chi connectivity index (χ2v) is 4.54. The highest BCUT2D eigenvalue weighted by Gasteiger charge is 2.12. The van der Waals surface area contributed by atoms with Gasteiger partial charge in [-0.1, -0.05) is 48.6 Å². The first kappa shape index (κ1) is 11.8. The molecule has 2 aromatic rings. The number of carbonyl (C=O) groups is 1. The van der Waals surface area contributed by atoms with Crippen molar-refractivity contribution in [3.8, 4) is 0 Å². The van der Waals surface area contributed by atoms with Gasteiger partial charge in [0.15, 0.2) is 5.13 Å². The molecular weight excluding hydrogens is 232 g/mol. The zero-order valence-corrected chi connectivity index (χ0v) is 10.2. The third-order valence-corrected chi connectivity index (χ3v) is 3.17. The topological polar surface area (TPSA) is 42.0 Å². The fraction of sp³-hybridized carbons (Fsp3) is 0.154. The summed E-state index contributed by atoms with van der Waals surface area (Å²) < 4.78 is 0. The van der Waals surface area contributed by atoms with E-state index in [4.69, 9.17) is 0 Å². The van der Waals surface area contributed by atoms with Gasteiger partial charge in [0.2, 0.25) is 5.78 Å². The van der Waals surface area contributed by atoms with Crippen LogP contribution in [-0.4, -0.2) is 17.3 Å². The summed E-state index contributed by atoms with van der Waals surface area (Å²) in [4.78, 5) is 16.9. The van der Waals surface area contributed by atoms with E-state index >= 15 is 0 Å². The summed E-state index contributed by atoms with van der Waals surface area (Å²) >= 11 is 1.38. The molecule has 0 amide bonds. The maximum Gasteiger partial charge on any atom is 0.204 e. The van der Waals surface area contributed by atoms with Crippen LogP contribution >= 0.6 is 11.3 Å². The first-order chi connectivity index (χ1) is 8.31. The highest BCUT2D eigenvalue weighted by molar-refractivity contribution is 7.17. The lowest BCUT2D eigenvalue weighted by Gasteiger charge is -1.97. The molecule has 4 heteroatoms. The lowest BCUT2D eigenvalue weighted by atomic mass is 10.1. The molecule has 17 heavy (non-hydrogen) atoms. The van der Waals surface area contributed by atoms with E-state index in [1.165, 1.54) is 11.3 Å². The van der Waals surface area contributed by atoms with Gasteiger partial charge < -0.3 is 5.32 Å². The number of aromatic nitrogens is 1. The smallest absolute Gasteiger partial charge is 0.204 e. The van der Waals surface area contributed by atoms with Crippen molar-refractivity contribution in [3.63, 3.8) is 0 Å². The molecule has 0 atom stereocenters. The number of nitrogens with zero attached hydrogens (tertiary/aromatic N) is 1. The van der Waals surface area contributed by atoms with Crippen molar-refractivity contribution in [2.45, 2.75) is 6.42 Å². The molecule has 1 heterocycles. The van der Waals surface area contributed by atoms with Crippen LogP contribution in [0.15, 0.2) is 36.5 Å². The van der Waals surface area contributed by atoms with Crippen LogP contribution in [0.5, 0.6) is 0 Å². The van der Waals surface area contributed by atoms with Gasteiger partial charge in [-0.3, -0.25) is 4.79 Å². The predicted molar refractivity (Wildman–Crippen MR) is 70.5 cm³/mol. The summed E-state index contributed by atoms with van der Waals surface area (Å²) in [6, 6.07) is 9.23. The fourth-order valence-corrected chi connectivity index (χ4v) is 2.19. The molecule has 0 bridgehead atoms. The fourth-order valence-electron chi connectivity index (χ4n) is 1.39. The zero-order valence-electron chi connectivity index (χ0n) is 9.35. The first-order valence-corrected chi connectivity index (χ1v) is 6.21. The van der Waals surface area contributed by atoms with Gasteiger partial charge >= 0.3 is 0 Å². The van der Waals surface area contributed by atoms with E-state index in [-0.39, 0.29) is 5.78 Å². The number of ketones is 1. The van der Waals surface area contributed by atoms with Crippen LogP contribution in [0.3, 0.4) is 0 Å². The van der Waals surface area contributed by atoms with Crippen molar-refractivity contribution in [2.24, 2.45) is 0 Å². The minimum absolute atomic E-state index is 0.0192. The Morgan fingerprint density at radius 1 is 1.35 bits per heavy atom. The van der Waals surface area contributed by atoms with Crippen molar-refractivity contribution in [1.29, 1.82) is 0 Å². The third kappa shape index (κ3) is 2.91. The second kappa shape index (κ2) is 5.59. The van der Waals surface area contributed by atoms with E-state index in [0.29, 0.717) is 10.4 Å². The SMILES string of the molecule is [CH2]CCNc1ncc(C(=O)c2ccccc2)s1. The molecule has 1 aromatic heterocycles. The van der Waals surface area contributed by atoms with Gasteiger partial charge in [0.25, 0.3) is 0 Å². The van der Waals surface area contributed by atoms with Gasteiger partial charge in [-0.2, -0.15) is 0 Å². The Kier molecular flexibility index (Phi) is 3.88. The third-order valence-electron chi connectivity index (χ3n) is 2.22. The average Bonchev–Trinajstić information content (AvgIpc) is 2.85. The number of anilines is 1. The van der Waals surface area contributed by atoms with E-state index < -0.39 is 0 Å². The molecule has 0 fully saturated rings. The average molecular weight is 245 g/mol. The maximum absolute atomic E-state index is 12.1. The Balaban J connectivity index is 2.12. The van der Waals surface area contributed by atoms with E-state index in [0.717, 1.165) is 18.1 Å². The Hall–Kier alpha value is -1.68. The Bertz CT molecular complexity index is 493. The molecule has 0 unspecified atom stereocenters. The minimum Gasteiger partial charge on any atom is -0.362 e. The summed E-state index contributed by atoms with van der Waals surface area (Å²) in [7, 11) is 0. The van der Waals surface area contributed by atoms with Crippen LogP contribution in [-0.2, 0) is 0 Å². The Morgan fingerprint density at radius 2 is 2.12 bits per heavy atom. The molecule has 3 nitrogen and oxygen atoms in total. The van der Waals surface area contributed by atoms with Crippen LogP contribution in [0.4, 0.5) is 5.13 Å². The van der Waals surface area contributed by atoms with Gasteiger partial charge in [-0.15, -0.1) is 0 Å². The van der Waals surface area contributed by atoms with Crippen molar-refractivity contribution >= 4 is 22.3 Å². The standard InChI is InChI=1S/C13H13N2OS/c1-2-8-14-13-15-9-11(17-13)12(16)10-6-4-3-5-7-10/h3-7,9H,1-2,8H2,(H,14,15). The normalized spacial score (nSPS) is 10.2. The maximum atomic E-state index is 12.1. The van der Waals surface area contributed by atoms with Crippen molar-refractivity contribution in [1.82, 2.24) is 4.98 Å². The second-order valence-electron chi connectivity index (χ2n) is 3.51. The lowest BCUT2D eigenvalue weighted by molar-refractivity contribution is 0.104. The number of hydrogen-bond donors (Lipinski definition) is 1. The molecule has 0 aliphatic rings. The summed E-state index contributed by atoms with van der Waals surface area (Å²) in [5.41, 5.74) is 0.694. The largest absolute Gasteiger partial charge is 0.362 e. The summed E-state index contributed by atoms with van der Waals surface area (Å²) in [6.07, 6.45) is 2.41. The molecule has 0 saturated carbocycles. The number of rotatable bonds is 5.